The highest BCUT2D eigenvalue weighted by Crippen LogP contribution is 2.39. The summed E-state index contributed by atoms with van der Waals surface area (Å²) in [6.45, 7) is 8.02. The topological polar surface area (TPSA) is 73.7 Å². The lowest BCUT2D eigenvalue weighted by atomic mass is 9.82. The predicted molar refractivity (Wildman–Crippen MR) is 84.5 cm³/mol. The molecule has 1 saturated heterocycles. The van der Waals surface area contributed by atoms with Crippen molar-refractivity contribution in [1.29, 1.82) is 0 Å². The minimum Gasteiger partial charge on any atom is -0.479 e. The highest BCUT2D eigenvalue weighted by molar-refractivity contribution is 9.10. The number of carbonyl (C=O) groups is 1. The number of anilines is 1. The normalized spacial score (nSPS) is 19.4. The van der Waals surface area contributed by atoms with Crippen molar-refractivity contribution in [3.8, 4) is 0 Å². The van der Waals surface area contributed by atoms with Gasteiger partial charge in [0.2, 0.25) is 0 Å². The Balaban J connectivity index is 2.41. The number of pyridine rings is 1. The van der Waals surface area contributed by atoms with E-state index < -0.39 is 12.1 Å². The molecule has 6 heteroatoms. The van der Waals surface area contributed by atoms with Gasteiger partial charge in [0.1, 0.15) is 0 Å². The molecule has 2 heterocycles. The van der Waals surface area contributed by atoms with Crippen LogP contribution >= 0.6 is 15.9 Å². The number of aliphatic hydroxyl groups excluding tert-OH is 1. The summed E-state index contributed by atoms with van der Waals surface area (Å²) in [6.07, 6.45) is 1.97. The molecule has 1 fully saturated rings. The number of nitrogens with zero attached hydrogens (tertiary/aromatic N) is 2. The van der Waals surface area contributed by atoms with Gasteiger partial charge < -0.3 is 15.1 Å². The Bertz CT molecular complexity index is 550. The minimum absolute atomic E-state index is 0.302. The molecular formula is C15H21BrN2O3. The van der Waals surface area contributed by atoms with Crippen LogP contribution < -0.4 is 4.90 Å². The molecule has 0 amide bonds. The Hall–Kier alpha value is -1.14. The highest BCUT2D eigenvalue weighted by atomic mass is 79.9. The Morgan fingerprint density at radius 3 is 2.52 bits per heavy atom. The number of hydrogen-bond donors (Lipinski definition) is 2. The summed E-state index contributed by atoms with van der Waals surface area (Å²) in [7, 11) is 0. The van der Waals surface area contributed by atoms with Gasteiger partial charge in [0.05, 0.1) is 15.9 Å². The lowest BCUT2D eigenvalue weighted by molar-refractivity contribution is -0.146. The lowest BCUT2D eigenvalue weighted by Gasteiger charge is -2.39. The minimum atomic E-state index is -1.56. The number of aryl methyl sites for hydroxylation is 1. The Kier molecular flexibility index (Phi) is 4.58. The van der Waals surface area contributed by atoms with Gasteiger partial charge >= 0.3 is 5.97 Å². The lowest BCUT2D eigenvalue weighted by Crippen LogP contribution is -2.38. The monoisotopic (exact) mass is 356 g/mol. The summed E-state index contributed by atoms with van der Waals surface area (Å²) in [5.41, 5.74) is 2.19. The van der Waals surface area contributed by atoms with Gasteiger partial charge in [-0.05, 0) is 41.1 Å². The smallest absolute Gasteiger partial charge is 0.337 e. The van der Waals surface area contributed by atoms with Crippen molar-refractivity contribution in [2.75, 3.05) is 18.0 Å². The van der Waals surface area contributed by atoms with Crippen molar-refractivity contribution >= 4 is 27.6 Å². The fourth-order valence-corrected chi connectivity index (χ4v) is 3.15. The fourth-order valence-electron chi connectivity index (χ4n) is 2.57. The van der Waals surface area contributed by atoms with Gasteiger partial charge in [-0.15, -0.1) is 0 Å². The maximum Gasteiger partial charge on any atom is 0.337 e. The van der Waals surface area contributed by atoms with Crippen LogP contribution in [0, 0.1) is 12.3 Å². The molecule has 0 aromatic carbocycles. The first-order valence-corrected chi connectivity index (χ1v) is 7.83. The van der Waals surface area contributed by atoms with Gasteiger partial charge in [0.15, 0.2) is 6.10 Å². The molecule has 21 heavy (non-hydrogen) atoms. The summed E-state index contributed by atoms with van der Waals surface area (Å²) in [6, 6.07) is 0. The van der Waals surface area contributed by atoms with Crippen LogP contribution in [0.1, 0.15) is 44.1 Å². The van der Waals surface area contributed by atoms with Gasteiger partial charge in [0.25, 0.3) is 0 Å². The van der Waals surface area contributed by atoms with Crippen molar-refractivity contribution in [2.45, 2.75) is 39.7 Å². The first-order valence-electron chi connectivity index (χ1n) is 7.04. The van der Waals surface area contributed by atoms with E-state index in [1.165, 1.54) is 6.20 Å². The first kappa shape index (κ1) is 16.2. The van der Waals surface area contributed by atoms with E-state index in [-0.39, 0.29) is 0 Å². The molecule has 0 spiro atoms. The molecule has 1 aromatic rings. The molecule has 0 saturated carbocycles. The Morgan fingerprint density at radius 1 is 1.43 bits per heavy atom. The van der Waals surface area contributed by atoms with Crippen LogP contribution in [-0.4, -0.2) is 34.3 Å². The number of piperidine rings is 1. The second-order valence-corrected chi connectivity index (χ2v) is 7.15. The molecule has 2 N–H and O–H groups in total. The Labute approximate surface area is 133 Å². The number of hydrogen-bond acceptors (Lipinski definition) is 4. The number of carboxylic acid groups (broad SMARTS) is 1. The third-order valence-electron chi connectivity index (χ3n) is 4.16. The number of aromatic nitrogens is 1. The quantitative estimate of drug-likeness (QED) is 0.870. The number of rotatable bonds is 3. The number of aliphatic carboxylic acids is 1. The zero-order valence-corrected chi connectivity index (χ0v) is 14.1. The van der Waals surface area contributed by atoms with Gasteiger partial charge in [-0.2, -0.15) is 0 Å². The van der Waals surface area contributed by atoms with Crippen LogP contribution in [0.5, 0.6) is 0 Å². The third-order valence-corrected chi connectivity index (χ3v) is 5.11. The van der Waals surface area contributed by atoms with Crippen LogP contribution in [0.2, 0.25) is 0 Å². The molecule has 1 aliphatic rings. The molecule has 0 aliphatic carbocycles. The highest BCUT2D eigenvalue weighted by Gasteiger charge is 2.30. The second-order valence-electron chi connectivity index (χ2n) is 6.35. The van der Waals surface area contributed by atoms with Crippen molar-refractivity contribution in [1.82, 2.24) is 4.98 Å². The fraction of sp³-hybridized carbons (Fsp3) is 0.600. The van der Waals surface area contributed by atoms with E-state index in [4.69, 9.17) is 5.11 Å². The van der Waals surface area contributed by atoms with Gasteiger partial charge in [0, 0.05) is 24.8 Å². The molecule has 116 valence electrons. The van der Waals surface area contributed by atoms with E-state index in [2.05, 4.69) is 39.7 Å². The number of carboxylic acids is 1. The van der Waals surface area contributed by atoms with E-state index >= 15 is 0 Å². The molecule has 1 aliphatic heterocycles. The van der Waals surface area contributed by atoms with E-state index in [0.29, 0.717) is 11.0 Å². The van der Waals surface area contributed by atoms with E-state index in [9.17, 15) is 9.90 Å². The standard InChI is InChI=1S/C15H21BrN2O3/c1-9-11(16)12(10(8-17-9)13(19)14(20)21)18-6-4-15(2,3)5-7-18/h8,13,19H,4-7H2,1-3H3,(H,20,21). The first-order chi connectivity index (χ1) is 9.73. The van der Waals surface area contributed by atoms with Gasteiger partial charge in [-0.1, -0.05) is 13.8 Å². The molecule has 2 rings (SSSR count). The van der Waals surface area contributed by atoms with Crippen LogP contribution in [0.25, 0.3) is 0 Å². The third kappa shape index (κ3) is 3.37. The van der Waals surface area contributed by atoms with Crippen molar-refractivity contribution in [2.24, 2.45) is 5.41 Å². The number of halogens is 1. The summed E-state index contributed by atoms with van der Waals surface area (Å²) in [4.78, 5) is 17.4. The largest absolute Gasteiger partial charge is 0.479 e. The summed E-state index contributed by atoms with van der Waals surface area (Å²) >= 11 is 3.50. The zero-order chi connectivity index (χ0) is 15.8. The molecule has 0 bridgehead atoms. The molecule has 1 aromatic heterocycles. The maximum absolute atomic E-state index is 11.1. The van der Waals surface area contributed by atoms with Crippen LogP contribution in [0.15, 0.2) is 10.7 Å². The SMILES string of the molecule is Cc1ncc(C(O)C(=O)O)c(N2CCC(C)(C)CC2)c1Br. The molecule has 1 unspecified atom stereocenters. The Morgan fingerprint density at radius 2 is 2.00 bits per heavy atom. The summed E-state index contributed by atoms with van der Waals surface area (Å²) < 4.78 is 0.764. The van der Waals surface area contributed by atoms with Gasteiger partial charge in [-0.3, -0.25) is 4.98 Å². The van der Waals surface area contributed by atoms with Crippen LogP contribution in [-0.2, 0) is 4.79 Å². The summed E-state index contributed by atoms with van der Waals surface area (Å²) in [5, 5.41) is 19.0. The van der Waals surface area contributed by atoms with E-state index in [1.54, 1.807) is 0 Å². The summed E-state index contributed by atoms with van der Waals surface area (Å²) in [5.74, 6) is -1.26. The second kappa shape index (κ2) is 5.93. The predicted octanol–water partition coefficient (Wildman–Crippen LogP) is 2.90. The molecule has 1 atom stereocenters. The molecule has 5 nitrogen and oxygen atoms in total. The van der Waals surface area contributed by atoms with Crippen LogP contribution in [0.3, 0.4) is 0 Å². The van der Waals surface area contributed by atoms with Gasteiger partial charge in [-0.25, -0.2) is 4.79 Å². The maximum atomic E-state index is 11.1. The van der Waals surface area contributed by atoms with Crippen molar-refractivity contribution < 1.29 is 15.0 Å². The van der Waals surface area contributed by atoms with Crippen molar-refractivity contribution in [3.05, 3.63) is 21.9 Å². The van der Waals surface area contributed by atoms with Crippen molar-refractivity contribution in [3.63, 3.8) is 0 Å². The molecular weight excluding hydrogens is 336 g/mol. The van der Waals surface area contributed by atoms with Crippen LogP contribution in [0.4, 0.5) is 5.69 Å². The van der Waals surface area contributed by atoms with E-state index in [1.807, 2.05) is 6.92 Å². The molecule has 0 radical (unpaired) electrons. The zero-order valence-electron chi connectivity index (χ0n) is 12.6. The van der Waals surface area contributed by atoms with E-state index in [0.717, 1.165) is 41.8 Å². The number of aliphatic hydroxyl groups is 1. The average Bonchev–Trinajstić information content (AvgIpc) is 2.41. The average molecular weight is 357 g/mol.